The largest absolute Gasteiger partial charge is 0.507 e. The molecule has 0 unspecified atom stereocenters. The van der Waals surface area contributed by atoms with Gasteiger partial charge >= 0.3 is 5.97 Å². The van der Waals surface area contributed by atoms with Crippen LogP contribution in [0.5, 0.6) is 5.75 Å². The van der Waals surface area contributed by atoms with E-state index >= 15 is 0 Å². The van der Waals surface area contributed by atoms with Crippen LogP contribution in [0.1, 0.15) is 5.56 Å². The number of benzene rings is 1. The number of hydrogen-bond acceptors (Lipinski definition) is 3. The number of carbonyl (C=O) groups excluding carboxylic acids is 1. The summed E-state index contributed by atoms with van der Waals surface area (Å²) in [5.41, 5.74) is 0.565. The van der Waals surface area contributed by atoms with Gasteiger partial charge in [0.1, 0.15) is 5.75 Å². The van der Waals surface area contributed by atoms with E-state index in [1.165, 1.54) is 7.11 Å². The quantitative estimate of drug-likeness (QED) is 0.642. The van der Waals surface area contributed by atoms with E-state index in [0.29, 0.717) is 9.13 Å². The second kappa shape index (κ2) is 4.97. The number of phenols is 1. The van der Waals surface area contributed by atoms with Gasteiger partial charge in [-0.15, -0.1) is 0 Å². The molecule has 0 aliphatic carbocycles. The van der Waals surface area contributed by atoms with Crippen molar-refractivity contribution in [1.29, 1.82) is 0 Å². The molecule has 0 bridgehead atoms. The number of rotatable bonds is 2. The van der Waals surface area contributed by atoms with Crippen molar-refractivity contribution in [2.24, 2.45) is 0 Å². The van der Waals surface area contributed by atoms with E-state index in [1.54, 1.807) is 12.1 Å². The molecule has 0 aliphatic rings. The third-order valence-corrected chi connectivity index (χ3v) is 2.95. The van der Waals surface area contributed by atoms with E-state index < -0.39 is 0 Å². The van der Waals surface area contributed by atoms with Gasteiger partial charge in [-0.3, -0.25) is 4.79 Å². The molecule has 0 spiro atoms. The van der Waals surface area contributed by atoms with Gasteiger partial charge in [-0.2, -0.15) is 0 Å². The second-order valence-corrected chi connectivity index (χ2v) is 4.73. The van der Waals surface area contributed by atoms with Crippen LogP contribution < -0.4 is 0 Å². The van der Waals surface area contributed by atoms with Crippen molar-refractivity contribution in [2.75, 3.05) is 7.11 Å². The van der Waals surface area contributed by atoms with Gasteiger partial charge in [0.25, 0.3) is 0 Å². The third kappa shape index (κ3) is 2.84. The van der Waals surface area contributed by atoms with Gasteiger partial charge in [0.2, 0.25) is 0 Å². The fourth-order valence-electron chi connectivity index (χ4n) is 0.982. The fraction of sp³-hybridized carbons (Fsp3) is 0.222. The number of hydrogen-bond donors (Lipinski definition) is 1. The lowest BCUT2D eigenvalue weighted by Gasteiger charge is -2.06. The van der Waals surface area contributed by atoms with Crippen molar-refractivity contribution in [3.8, 4) is 5.75 Å². The van der Waals surface area contributed by atoms with Gasteiger partial charge in [0, 0.05) is 10.0 Å². The molecule has 0 saturated heterocycles. The number of carbonyl (C=O) groups is 1. The molecule has 5 heteroatoms. The minimum Gasteiger partial charge on any atom is -0.507 e. The average Bonchev–Trinajstić information content (AvgIpc) is 2.13. The summed E-state index contributed by atoms with van der Waals surface area (Å²) in [6, 6.07) is 3.48. The Kier molecular flexibility index (Phi) is 4.18. The lowest BCUT2D eigenvalue weighted by atomic mass is 10.1. The molecule has 3 nitrogen and oxygen atoms in total. The second-order valence-electron chi connectivity index (χ2n) is 2.65. The lowest BCUT2D eigenvalue weighted by Crippen LogP contribution is -2.05. The van der Waals surface area contributed by atoms with Crippen molar-refractivity contribution in [1.82, 2.24) is 0 Å². The molecule has 1 aromatic carbocycles. The molecule has 14 heavy (non-hydrogen) atoms. The maximum Gasteiger partial charge on any atom is 0.310 e. The molecule has 76 valence electrons. The van der Waals surface area contributed by atoms with Crippen molar-refractivity contribution in [2.45, 2.75) is 6.42 Å². The van der Waals surface area contributed by atoms with E-state index in [-0.39, 0.29) is 18.1 Å². The van der Waals surface area contributed by atoms with E-state index in [1.807, 2.05) is 22.6 Å². The Morgan fingerprint density at radius 3 is 2.86 bits per heavy atom. The molecule has 1 N–H and O–H groups in total. The first-order valence-electron chi connectivity index (χ1n) is 3.78. The van der Waals surface area contributed by atoms with Gasteiger partial charge in [-0.25, -0.2) is 0 Å². The SMILES string of the molecule is COC(=O)Cc1cc(Br)cc(I)c1O. The summed E-state index contributed by atoms with van der Waals surface area (Å²) in [5.74, 6) is -0.228. The molecule has 1 aromatic rings. The smallest absolute Gasteiger partial charge is 0.310 e. The minimum absolute atomic E-state index is 0.0811. The topological polar surface area (TPSA) is 46.5 Å². The van der Waals surface area contributed by atoms with Crippen LogP contribution in [-0.2, 0) is 16.0 Å². The molecule has 0 aromatic heterocycles. The summed E-state index contributed by atoms with van der Waals surface area (Å²) in [7, 11) is 1.32. The maximum absolute atomic E-state index is 11.0. The zero-order valence-electron chi connectivity index (χ0n) is 7.38. The van der Waals surface area contributed by atoms with Crippen molar-refractivity contribution in [3.05, 3.63) is 25.7 Å². The summed E-state index contributed by atoms with van der Waals surface area (Å²) in [4.78, 5) is 11.0. The van der Waals surface area contributed by atoms with E-state index in [0.717, 1.165) is 4.47 Å². The lowest BCUT2D eigenvalue weighted by molar-refractivity contribution is -0.139. The highest BCUT2D eigenvalue weighted by atomic mass is 127. The first-order chi connectivity index (χ1) is 6.54. The van der Waals surface area contributed by atoms with E-state index in [2.05, 4.69) is 20.7 Å². The molecule has 0 saturated carbocycles. The molecule has 0 aliphatic heterocycles. The van der Waals surface area contributed by atoms with Crippen LogP contribution in [0.2, 0.25) is 0 Å². The summed E-state index contributed by atoms with van der Waals surface area (Å²) in [5, 5.41) is 9.63. The van der Waals surface area contributed by atoms with Crippen LogP contribution in [-0.4, -0.2) is 18.2 Å². The van der Waals surface area contributed by atoms with Crippen molar-refractivity contribution >= 4 is 44.5 Å². The van der Waals surface area contributed by atoms with E-state index in [4.69, 9.17) is 0 Å². The minimum atomic E-state index is -0.366. The first kappa shape index (κ1) is 11.8. The number of halogens is 2. The maximum atomic E-state index is 11.0. The highest BCUT2D eigenvalue weighted by molar-refractivity contribution is 14.1. The molecule has 0 radical (unpaired) electrons. The molecule has 0 amide bonds. The van der Waals surface area contributed by atoms with Crippen LogP contribution in [0.4, 0.5) is 0 Å². The number of phenolic OH excluding ortho intramolecular Hbond substituents is 1. The molecule has 0 fully saturated rings. The predicted octanol–water partition coefficient (Wildman–Crippen LogP) is 2.47. The average molecular weight is 371 g/mol. The van der Waals surface area contributed by atoms with Crippen molar-refractivity contribution in [3.63, 3.8) is 0 Å². The zero-order chi connectivity index (χ0) is 10.7. The zero-order valence-corrected chi connectivity index (χ0v) is 11.1. The predicted molar refractivity (Wildman–Crippen MR) is 64.2 cm³/mol. The van der Waals surface area contributed by atoms with Crippen LogP contribution in [0.25, 0.3) is 0 Å². The number of esters is 1. The standard InChI is InChI=1S/C9H8BrIO3/c1-14-8(12)3-5-2-6(10)4-7(11)9(5)13/h2,4,13H,3H2,1H3. The summed E-state index contributed by atoms with van der Waals surface area (Å²) >= 11 is 5.29. The van der Waals surface area contributed by atoms with Gasteiger partial charge in [0.15, 0.2) is 0 Å². The highest BCUT2D eigenvalue weighted by Gasteiger charge is 2.11. The molecule has 1 rings (SSSR count). The Hall–Kier alpha value is -0.300. The Bertz CT molecular complexity index is 365. The van der Waals surface area contributed by atoms with Gasteiger partial charge < -0.3 is 9.84 Å². The van der Waals surface area contributed by atoms with Gasteiger partial charge in [0.05, 0.1) is 17.1 Å². The Morgan fingerprint density at radius 2 is 2.29 bits per heavy atom. The van der Waals surface area contributed by atoms with Gasteiger partial charge in [-0.05, 0) is 34.7 Å². The van der Waals surface area contributed by atoms with Gasteiger partial charge in [-0.1, -0.05) is 15.9 Å². The summed E-state index contributed by atoms with van der Waals surface area (Å²) < 4.78 is 6.06. The molecule has 0 heterocycles. The summed E-state index contributed by atoms with van der Waals surface area (Å²) in [6.45, 7) is 0. The Labute approximate surface area is 104 Å². The van der Waals surface area contributed by atoms with Crippen LogP contribution in [0.15, 0.2) is 16.6 Å². The summed E-state index contributed by atoms with van der Waals surface area (Å²) in [6.07, 6.45) is 0.0811. The van der Waals surface area contributed by atoms with E-state index in [9.17, 15) is 9.90 Å². The number of ether oxygens (including phenoxy) is 1. The monoisotopic (exact) mass is 370 g/mol. The number of methoxy groups -OCH3 is 1. The Balaban J connectivity index is 3.02. The fourth-order valence-corrected chi connectivity index (χ4v) is 2.60. The normalized spacial score (nSPS) is 9.93. The van der Waals surface area contributed by atoms with Crippen LogP contribution >= 0.6 is 38.5 Å². The number of aromatic hydroxyl groups is 1. The highest BCUT2D eigenvalue weighted by Crippen LogP contribution is 2.28. The first-order valence-corrected chi connectivity index (χ1v) is 5.65. The molecular weight excluding hydrogens is 363 g/mol. The molecule has 0 atom stereocenters. The van der Waals surface area contributed by atoms with Crippen molar-refractivity contribution < 1.29 is 14.6 Å². The van der Waals surface area contributed by atoms with Crippen LogP contribution in [0.3, 0.4) is 0 Å². The molecular formula is C9H8BrIO3. The third-order valence-electron chi connectivity index (χ3n) is 1.67. The Morgan fingerprint density at radius 1 is 1.64 bits per heavy atom. The van der Waals surface area contributed by atoms with Crippen LogP contribution in [0, 0.1) is 3.57 Å².